The first-order valence-corrected chi connectivity index (χ1v) is 9.47. The molecule has 0 radical (unpaired) electrons. The summed E-state index contributed by atoms with van der Waals surface area (Å²) in [5.74, 6) is -2.23. The summed E-state index contributed by atoms with van der Waals surface area (Å²) in [5.41, 5.74) is 1.67. The van der Waals surface area contributed by atoms with E-state index in [1.54, 1.807) is 12.1 Å². The van der Waals surface area contributed by atoms with Gasteiger partial charge in [-0.05, 0) is 30.0 Å². The topological polar surface area (TPSA) is 89.8 Å². The van der Waals surface area contributed by atoms with Crippen LogP contribution >= 0.6 is 0 Å². The fraction of sp³-hybridized carbons (Fsp3) is 0.286. The lowest BCUT2D eigenvalue weighted by molar-refractivity contribution is -0.117. The second kappa shape index (κ2) is 8.89. The molecule has 1 N–H and O–H groups in total. The van der Waals surface area contributed by atoms with Crippen molar-refractivity contribution in [3.63, 3.8) is 0 Å². The summed E-state index contributed by atoms with van der Waals surface area (Å²) in [7, 11) is 0. The van der Waals surface area contributed by atoms with Gasteiger partial charge in [0.1, 0.15) is 18.7 Å². The van der Waals surface area contributed by atoms with Crippen molar-refractivity contribution in [2.75, 3.05) is 5.32 Å². The minimum atomic E-state index is -0.787. The van der Waals surface area contributed by atoms with Crippen molar-refractivity contribution >= 4 is 11.7 Å². The Morgan fingerprint density at radius 3 is 2.67 bits per heavy atom. The fourth-order valence-electron chi connectivity index (χ4n) is 3.16. The van der Waals surface area contributed by atoms with Crippen LogP contribution in [-0.2, 0) is 17.8 Å². The number of nitrogens with zero attached hydrogens (tertiary/aromatic N) is 4. The first-order chi connectivity index (χ1) is 14.3. The van der Waals surface area contributed by atoms with Crippen LogP contribution in [0.15, 0.2) is 41.6 Å². The third kappa shape index (κ3) is 4.40. The molecule has 1 amide bonds. The third-order valence-electron chi connectivity index (χ3n) is 4.51. The first-order valence-electron chi connectivity index (χ1n) is 9.47. The van der Waals surface area contributed by atoms with Gasteiger partial charge in [-0.25, -0.2) is 23.4 Å². The zero-order valence-electron chi connectivity index (χ0n) is 16.8. The average Bonchev–Trinajstić information content (AvgIpc) is 2.70. The van der Waals surface area contributed by atoms with E-state index in [2.05, 4.69) is 20.4 Å². The Bertz CT molecular complexity index is 1140. The number of carbonyl (C=O) groups excluding carboxylic acids is 1. The molecular weight excluding hydrogens is 392 g/mol. The molecular formula is C21H21F2N5O2. The summed E-state index contributed by atoms with van der Waals surface area (Å²) in [6.07, 6.45) is 2.39. The number of aromatic nitrogens is 4. The molecule has 3 aromatic rings. The Morgan fingerprint density at radius 1 is 1.27 bits per heavy atom. The minimum Gasteiger partial charge on any atom is -0.307 e. The summed E-state index contributed by atoms with van der Waals surface area (Å²) in [4.78, 5) is 32.6. The summed E-state index contributed by atoms with van der Waals surface area (Å²) >= 11 is 0. The number of amides is 1. The lowest BCUT2D eigenvalue weighted by Gasteiger charge is -2.18. The number of carbonyl (C=O) groups is 1. The van der Waals surface area contributed by atoms with Crippen molar-refractivity contribution < 1.29 is 13.6 Å². The van der Waals surface area contributed by atoms with Gasteiger partial charge in [-0.15, -0.1) is 0 Å². The van der Waals surface area contributed by atoms with E-state index in [9.17, 15) is 18.4 Å². The van der Waals surface area contributed by atoms with Crippen LogP contribution in [0.1, 0.15) is 37.9 Å². The average molecular weight is 413 g/mol. The number of hydrogen-bond donors (Lipinski definition) is 1. The molecule has 3 rings (SSSR count). The highest BCUT2D eigenvalue weighted by atomic mass is 19.1. The lowest BCUT2D eigenvalue weighted by Crippen LogP contribution is -2.33. The van der Waals surface area contributed by atoms with Crippen LogP contribution in [0.2, 0.25) is 0 Å². The molecule has 2 aromatic heterocycles. The van der Waals surface area contributed by atoms with Crippen LogP contribution in [0.25, 0.3) is 11.1 Å². The summed E-state index contributed by atoms with van der Waals surface area (Å²) in [5, 5.41) is 6.70. The Hall–Kier alpha value is -3.49. The van der Waals surface area contributed by atoms with Gasteiger partial charge in [0.2, 0.25) is 5.91 Å². The van der Waals surface area contributed by atoms with Gasteiger partial charge in [0, 0.05) is 11.1 Å². The van der Waals surface area contributed by atoms with Crippen LogP contribution in [0.5, 0.6) is 0 Å². The van der Waals surface area contributed by atoms with Crippen molar-refractivity contribution in [1.82, 2.24) is 19.7 Å². The largest absolute Gasteiger partial charge is 0.307 e. The zero-order chi connectivity index (χ0) is 21.8. The van der Waals surface area contributed by atoms with Gasteiger partial charge in [0.05, 0.1) is 11.9 Å². The lowest BCUT2D eigenvalue weighted by atomic mass is 9.93. The molecule has 0 saturated carbocycles. The maximum absolute atomic E-state index is 13.8. The molecule has 0 atom stereocenters. The Labute approximate surface area is 171 Å². The minimum absolute atomic E-state index is 0.0946. The van der Waals surface area contributed by atoms with Crippen molar-refractivity contribution in [3.05, 3.63) is 70.0 Å². The van der Waals surface area contributed by atoms with Gasteiger partial charge in [-0.1, -0.05) is 32.9 Å². The number of rotatable bonds is 6. The van der Waals surface area contributed by atoms with Crippen LogP contribution < -0.4 is 10.9 Å². The molecule has 2 heterocycles. The molecule has 0 fully saturated rings. The SMILES string of the molecule is CCc1c(-c2cccc(F)c2)c(C(C)C)nn(CC(=O)Nc2ncncc2F)c1=O. The second-order valence-corrected chi connectivity index (χ2v) is 6.99. The Balaban J connectivity index is 2.04. The quantitative estimate of drug-likeness (QED) is 0.670. The van der Waals surface area contributed by atoms with Crippen molar-refractivity contribution in [2.45, 2.75) is 39.7 Å². The number of nitrogens with one attached hydrogen (secondary N) is 1. The second-order valence-electron chi connectivity index (χ2n) is 6.99. The maximum Gasteiger partial charge on any atom is 0.271 e. The van der Waals surface area contributed by atoms with Crippen LogP contribution in [0.3, 0.4) is 0 Å². The molecule has 0 unspecified atom stereocenters. The predicted octanol–water partition coefficient (Wildman–Crippen LogP) is 3.30. The van der Waals surface area contributed by atoms with E-state index in [1.165, 1.54) is 12.1 Å². The highest BCUT2D eigenvalue weighted by molar-refractivity contribution is 5.89. The monoisotopic (exact) mass is 413 g/mol. The molecule has 30 heavy (non-hydrogen) atoms. The molecule has 0 bridgehead atoms. The number of halogens is 2. The molecule has 1 aromatic carbocycles. The zero-order valence-corrected chi connectivity index (χ0v) is 16.8. The van der Waals surface area contributed by atoms with E-state index in [0.717, 1.165) is 17.2 Å². The van der Waals surface area contributed by atoms with Gasteiger partial charge < -0.3 is 5.32 Å². The van der Waals surface area contributed by atoms with Gasteiger partial charge in [0.25, 0.3) is 5.56 Å². The predicted molar refractivity (Wildman–Crippen MR) is 108 cm³/mol. The summed E-state index contributed by atoms with van der Waals surface area (Å²) in [6, 6.07) is 5.98. The van der Waals surface area contributed by atoms with E-state index in [0.29, 0.717) is 28.8 Å². The van der Waals surface area contributed by atoms with Gasteiger partial charge >= 0.3 is 0 Å². The highest BCUT2D eigenvalue weighted by Crippen LogP contribution is 2.30. The van der Waals surface area contributed by atoms with Crippen LogP contribution in [0, 0.1) is 11.6 Å². The normalized spacial score (nSPS) is 11.0. The van der Waals surface area contributed by atoms with Gasteiger partial charge in [-0.2, -0.15) is 5.10 Å². The smallest absolute Gasteiger partial charge is 0.271 e. The Kier molecular flexibility index (Phi) is 6.29. The first kappa shape index (κ1) is 21.2. The van der Waals surface area contributed by atoms with Crippen LogP contribution in [0.4, 0.5) is 14.6 Å². The van der Waals surface area contributed by atoms with E-state index in [1.807, 2.05) is 20.8 Å². The summed E-state index contributed by atoms with van der Waals surface area (Å²) in [6.45, 7) is 5.19. The molecule has 0 aliphatic heterocycles. The molecule has 0 aliphatic rings. The van der Waals surface area contributed by atoms with E-state index >= 15 is 0 Å². The molecule has 156 valence electrons. The fourth-order valence-corrected chi connectivity index (χ4v) is 3.16. The molecule has 0 spiro atoms. The molecule has 7 nitrogen and oxygen atoms in total. The molecule has 0 aliphatic carbocycles. The van der Waals surface area contributed by atoms with Crippen molar-refractivity contribution in [1.29, 1.82) is 0 Å². The van der Waals surface area contributed by atoms with Crippen molar-refractivity contribution in [3.8, 4) is 11.1 Å². The number of benzene rings is 1. The van der Waals surface area contributed by atoms with E-state index in [-0.39, 0.29) is 11.7 Å². The van der Waals surface area contributed by atoms with Gasteiger partial charge in [-0.3, -0.25) is 9.59 Å². The maximum atomic E-state index is 13.8. The third-order valence-corrected chi connectivity index (χ3v) is 4.51. The highest BCUT2D eigenvalue weighted by Gasteiger charge is 2.21. The van der Waals surface area contributed by atoms with E-state index in [4.69, 9.17) is 0 Å². The summed E-state index contributed by atoms with van der Waals surface area (Å²) < 4.78 is 28.5. The van der Waals surface area contributed by atoms with Crippen LogP contribution in [-0.4, -0.2) is 25.7 Å². The Morgan fingerprint density at radius 2 is 2.03 bits per heavy atom. The van der Waals surface area contributed by atoms with E-state index < -0.39 is 29.6 Å². The number of anilines is 1. The standard InChI is InChI=1S/C21H21F2N5O2/c1-4-15-18(13-6-5-7-14(22)8-13)19(12(2)3)27-28(21(15)30)10-17(29)26-20-16(23)9-24-11-25-20/h5-9,11-12H,4,10H2,1-3H3,(H,24,25,26,29). The van der Waals surface area contributed by atoms with Gasteiger partial charge in [0.15, 0.2) is 11.6 Å². The van der Waals surface area contributed by atoms with Crippen molar-refractivity contribution in [2.24, 2.45) is 0 Å². The molecule has 0 saturated heterocycles. The number of hydrogen-bond acceptors (Lipinski definition) is 5. The molecule has 9 heteroatoms.